The lowest BCUT2D eigenvalue weighted by Gasteiger charge is -2.45. The Morgan fingerprint density at radius 3 is 2.54 bits per heavy atom. The summed E-state index contributed by atoms with van der Waals surface area (Å²) in [7, 11) is 4.50. The van der Waals surface area contributed by atoms with Gasteiger partial charge in [-0.15, -0.1) is 11.3 Å². The van der Waals surface area contributed by atoms with Gasteiger partial charge in [-0.2, -0.15) is 0 Å². The summed E-state index contributed by atoms with van der Waals surface area (Å²) in [5.41, 5.74) is 3.01. The van der Waals surface area contributed by atoms with Gasteiger partial charge in [0.25, 0.3) is 0 Å². The molecule has 1 aliphatic carbocycles. The van der Waals surface area contributed by atoms with Gasteiger partial charge in [0.2, 0.25) is 0 Å². The topological polar surface area (TPSA) is 15.3 Å². The summed E-state index contributed by atoms with van der Waals surface area (Å²) in [6, 6.07) is 20.5. The van der Waals surface area contributed by atoms with Crippen LogP contribution in [0.15, 0.2) is 60.0 Å². The highest BCUT2D eigenvalue weighted by atomic mass is 32.1. The second kappa shape index (κ2) is 7.42. The molecule has 136 valence electrons. The predicted molar refractivity (Wildman–Crippen MR) is 114 cm³/mol. The predicted octanol–water partition coefficient (Wildman–Crippen LogP) is 5.80. The highest BCUT2D eigenvalue weighted by Crippen LogP contribution is 2.36. The minimum Gasteiger partial charge on any atom is -0.382 e. The maximum absolute atomic E-state index is 3.79. The quantitative estimate of drug-likeness (QED) is 0.615. The number of likely N-dealkylation sites (N-methyl/N-ethyl adjacent to an activating group) is 1. The van der Waals surface area contributed by atoms with E-state index in [9.17, 15) is 0 Å². The molecule has 0 bridgehead atoms. The maximum atomic E-state index is 3.79. The molecule has 1 fully saturated rings. The molecule has 0 unspecified atom stereocenters. The van der Waals surface area contributed by atoms with Crippen molar-refractivity contribution >= 4 is 27.1 Å². The monoisotopic (exact) mass is 364 g/mol. The first-order chi connectivity index (χ1) is 12.6. The molecule has 3 heteroatoms. The smallest absolute Gasteiger partial charge is 0.0349 e. The standard InChI is InChI=1S/C23H28N2S/c1-25(2)23(17-18-6-4-3-5-7-18)13-10-20(11-14-23)24-21-8-9-22-19(16-21)12-15-26-22/h3-9,12,15-16,20,24H,10-11,13-14,17H2,1-2H3. The molecule has 3 aromatic rings. The lowest BCUT2D eigenvalue weighted by molar-refractivity contribution is 0.0960. The van der Waals surface area contributed by atoms with Gasteiger partial charge in [0.05, 0.1) is 0 Å². The van der Waals surface area contributed by atoms with Crippen LogP contribution in [0.1, 0.15) is 31.2 Å². The summed E-state index contributed by atoms with van der Waals surface area (Å²) in [6.07, 6.45) is 6.09. The number of benzene rings is 2. The van der Waals surface area contributed by atoms with E-state index in [0.29, 0.717) is 6.04 Å². The molecule has 0 spiro atoms. The molecule has 1 saturated carbocycles. The van der Waals surface area contributed by atoms with Gasteiger partial charge in [-0.05, 0) is 86.8 Å². The summed E-state index contributed by atoms with van der Waals surface area (Å²) < 4.78 is 1.37. The van der Waals surface area contributed by atoms with Crippen molar-refractivity contribution in [3.63, 3.8) is 0 Å². The number of hydrogen-bond acceptors (Lipinski definition) is 3. The Balaban J connectivity index is 1.42. The molecule has 4 rings (SSSR count). The highest BCUT2D eigenvalue weighted by Gasteiger charge is 2.37. The van der Waals surface area contributed by atoms with Gasteiger partial charge in [0.1, 0.15) is 0 Å². The van der Waals surface area contributed by atoms with Gasteiger partial charge >= 0.3 is 0 Å². The minimum absolute atomic E-state index is 0.289. The van der Waals surface area contributed by atoms with Gasteiger partial charge in [-0.3, -0.25) is 0 Å². The lowest BCUT2D eigenvalue weighted by atomic mass is 9.75. The number of nitrogens with zero attached hydrogens (tertiary/aromatic N) is 1. The third kappa shape index (κ3) is 3.65. The lowest BCUT2D eigenvalue weighted by Crippen LogP contribution is -2.50. The van der Waals surface area contributed by atoms with Gasteiger partial charge < -0.3 is 10.2 Å². The van der Waals surface area contributed by atoms with E-state index < -0.39 is 0 Å². The van der Waals surface area contributed by atoms with E-state index in [1.807, 2.05) is 11.3 Å². The first-order valence-corrected chi connectivity index (χ1v) is 10.5. The van der Waals surface area contributed by atoms with Crippen LogP contribution in [0.2, 0.25) is 0 Å². The number of rotatable bonds is 5. The summed E-state index contributed by atoms with van der Waals surface area (Å²) in [4.78, 5) is 2.47. The number of nitrogens with one attached hydrogen (secondary N) is 1. The molecule has 0 saturated heterocycles. The molecule has 0 amide bonds. The summed E-state index contributed by atoms with van der Waals surface area (Å²) in [5.74, 6) is 0. The zero-order valence-electron chi connectivity index (χ0n) is 15.7. The first-order valence-electron chi connectivity index (χ1n) is 9.60. The summed E-state index contributed by atoms with van der Waals surface area (Å²) >= 11 is 1.81. The maximum Gasteiger partial charge on any atom is 0.0349 e. The summed E-state index contributed by atoms with van der Waals surface area (Å²) in [5, 5.41) is 7.31. The second-order valence-electron chi connectivity index (χ2n) is 7.87. The molecule has 26 heavy (non-hydrogen) atoms. The van der Waals surface area contributed by atoms with E-state index in [0.717, 1.165) is 6.42 Å². The molecule has 1 aromatic heterocycles. The summed E-state index contributed by atoms with van der Waals surface area (Å²) in [6.45, 7) is 0. The third-order valence-electron chi connectivity index (χ3n) is 6.06. The van der Waals surface area contributed by atoms with Gasteiger partial charge in [0, 0.05) is 22.0 Å². The van der Waals surface area contributed by atoms with Crippen LogP contribution in [-0.2, 0) is 6.42 Å². The normalized spacial score (nSPS) is 23.4. The zero-order valence-corrected chi connectivity index (χ0v) is 16.6. The number of thiophene rings is 1. The van der Waals surface area contributed by atoms with Crippen molar-refractivity contribution in [2.75, 3.05) is 19.4 Å². The van der Waals surface area contributed by atoms with E-state index in [1.54, 1.807) is 0 Å². The molecule has 1 heterocycles. The first kappa shape index (κ1) is 17.6. The van der Waals surface area contributed by atoms with Crippen molar-refractivity contribution in [2.45, 2.75) is 43.7 Å². The van der Waals surface area contributed by atoms with Crippen molar-refractivity contribution in [3.8, 4) is 0 Å². The SMILES string of the molecule is CN(C)C1(Cc2ccccc2)CCC(Nc2ccc3sccc3c2)CC1. The molecule has 0 radical (unpaired) electrons. The van der Waals surface area contributed by atoms with Crippen LogP contribution in [0.4, 0.5) is 5.69 Å². The van der Waals surface area contributed by atoms with Crippen LogP contribution < -0.4 is 5.32 Å². The molecule has 0 atom stereocenters. The molecular weight excluding hydrogens is 336 g/mol. The van der Waals surface area contributed by atoms with Crippen LogP contribution in [0.25, 0.3) is 10.1 Å². The zero-order chi connectivity index (χ0) is 18.0. The van der Waals surface area contributed by atoms with Crippen molar-refractivity contribution in [2.24, 2.45) is 0 Å². The number of fused-ring (bicyclic) bond motifs is 1. The fourth-order valence-corrected chi connectivity index (χ4v) is 5.12. The largest absolute Gasteiger partial charge is 0.382 e. The van der Waals surface area contributed by atoms with Crippen molar-refractivity contribution in [1.29, 1.82) is 0 Å². The highest BCUT2D eigenvalue weighted by molar-refractivity contribution is 7.17. The van der Waals surface area contributed by atoms with Crippen LogP contribution in [0, 0.1) is 0 Å². The van der Waals surface area contributed by atoms with Crippen molar-refractivity contribution in [1.82, 2.24) is 4.90 Å². The molecule has 2 nitrogen and oxygen atoms in total. The second-order valence-corrected chi connectivity index (χ2v) is 8.82. The van der Waals surface area contributed by atoms with Crippen LogP contribution in [0.5, 0.6) is 0 Å². The number of anilines is 1. The number of hydrogen-bond donors (Lipinski definition) is 1. The Kier molecular flexibility index (Phi) is 5.01. The van der Waals surface area contributed by atoms with Gasteiger partial charge in [-0.25, -0.2) is 0 Å². The van der Waals surface area contributed by atoms with Crippen molar-refractivity contribution in [3.05, 3.63) is 65.5 Å². The fraction of sp³-hybridized carbons (Fsp3) is 0.391. The average molecular weight is 365 g/mol. The van der Waals surface area contributed by atoms with E-state index in [-0.39, 0.29) is 5.54 Å². The molecular formula is C23H28N2S. The van der Waals surface area contributed by atoms with Crippen LogP contribution in [-0.4, -0.2) is 30.6 Å². The van der Waals surface area contributed by atoms with Crippen LogP contribution in [0.3, 0.4) is 0 Å². The van der Waals surface area contributed by atoms with Gasteiger partial charge in [-0.1, -0.05) is 30.3 Å². The van der Waals surface area contributed by atoms with E-state index >= 15 is 0 Å². The van der Waals surface area contributed by atoms with E-state index in [4.69, 9.17) is 0 Å². The van der Waals surface area contributed by atoms with Crippen LogP contribution >= 0.6 is 11.3 Å². The van der Waals surface area contributed by atoms with Crippen molar-refractivity contribution < 1.29 is 0 Å². The Morgan fingerprint density at radius 1 is 1.04 bits per heavy atom. The Hall–Kier alpha value is -1.84. The van der Waals surface area contributed by atoms with E-state index in [2.05, 4.69) is 84.3 Å². The van der Waals surface area contributed by atoms with E-state index in [1.165, 1.54) is 47.0 Å². The average Bonchev–Trinajstić information content (AvgIpc) is 3.12. The molecule has 0 aliphatic heterocycles. The Labute approximate surface area is 160 Å². The molecule has 2 aromatic carbocycles. The Bertz CT molecular complexity index is 845. The minimum atomic E-state index is 0.289. The Morgan fingerprint density at radius 2 is 1.81 bits per heavy atom. The molecule has 1 N–H and O–H groups in total. The fourth-order valence-electron chi connectivity index (χ4n) is 4.35. The third-order valence-corrected chi connectivity index (χ3v) is 6.96. The van der Waals surface area contributed by atoms with Gasteiger partial charge in [0.15, 0.2) is 0 Å². The molecule has 1 aliphatic rings.